The first-order valence-corrected chi connectivity index (χ1v) is 13.7. The van der Waals surface area contributed by atoms with Crippen molar-refractivity contribution in [1.82, 2.24) is 0 Å². The van der Waals surface area contributed by atoms with E-state index < -0.39 is 12.1 Å². The van der Waals surface area contributed by atoms with Crippen LogP contribution in [0.15, 0.2) is 0 Å². The maximum absolute atomic E-state index is 11.5. The smallest absolute Gasteiger partial charge is 0.305 e. The third-order valence-corrected chi connectivity index (χ3v) is 6.17. The van der Waals surface area contributed by atoms with E-state index in [1.807, 2.05) is 0 Å². The maximum atomic E-state index is 11.5. The van der Waals surface area contributed by atoms with E-state index >= 15 is 0 Å². The van der Waals surface area contributed by atoms with Crippen LogP contribution in [0.4, 0.5) is 0 Å². The number of aliphatic carboxylic acids is 1. The summed E-state index contributed by atoms with van der Waals surface area (Å²) in [4.78, 5) is 21.9. The molecule has 0 aromatic carbocycles. The van der Waals surface area contributed by atoms with Gasteiger partial charge >= 0.3 is 11.9 Å². The molecule has 3 N–H and O–H groups in total. The van der Waals surface area contributed by atoms with Crippen LogP contribution in [0.3, 0.4) is 0 Å². The molecule has 1 unspecified atom stereocenters. The number of carbonyl (C=O) groups excluding carboxylic acids is 1. The van der Waals surface area contributed by atoms with Gasteiger partial charge in [0.25, 0.3) is 0 Å². The third kappa shape index (κ3) is 27.0. The number of aliphatic hydroxyl groups is 2. The van der Waals surface area contributed by atoms with Gasteiger partial charge in [-0.3, -0.25) is 9.59 Å². The quantitative estimate of drug-likeness (QED) is 0.0974. The monoisotopic (exact) mass is 472 g/mol. The average molecular weight is 473 g/mol. The molecule has 0 aliphatic heterocycles. The van der Waals surface area contributed by atoms with Crippen LogP contribution in [0.1, 0.15) is 141 Å². The zero-order valence-corrected chi connectivity index (χ0v) is 21.1. The number of ether oxygens (including phenoxy) is 1. The lowest BCUT2D eigenvalue weighted by Crippen LogP contribution is -2.21. The van der Waals surface area contributed by atoms with Gasteiger partial charge < -0.3 is 20.1 Å². The summed E-state index contributed by atoms with van der Waals surface area (Å²) in [6, 6.07) is 0. The molecule has 196 valence electrons. The summed E-state index contributed by atoms with van der Waals surface area (Å²) < 4.78 is 4.88. The molecule has 0 aliphatic carbocycles. The molecule has 0 aliphatic rings. The van der Waals surface area contributed by atoms with Crippen molar-refractivity contribution in [3.63, 3.8) is 0 Å². The third-order valence-electron chi connectivity index (χ3n) is 6.17. The van der Waals surface area contributed by atoms with Gasteiger partial charge in [0.2, 0.25) is 0 Å². The number of esters is 1. The predicted molar refractivity (Wildman–Crippen MR) is 133 cm³/mol. The van der Waals surface area contributed by atoms with Gasteiger partial charge in [0.05, 0.1) is 6.61 Å². The number of hydrogen-bond acceptors (Lipinski definition) is 5. The summed E-state index contributed by atoms with van der Waals surface area (Å²) in [7, 11) is 0. The Balaban J connectivity index is 3.12. The molecule has 0 saturated carbocycles. The number of carboxylic acid groups (broad SMARTS) is 1. The first kappa shape index (κ1) is 31.9. The van der Waals surface area contributed by atoms with Gasteiger partial charge in [-0.2, -0.15) is 0 Å². The summed E-state index contributed by atoms with van der Waals surface area (Å²) in [6.45, 7) is -0.496. The van der Waals surface area contributed by atoms with Crippen molar-refractivity contribution in [2.75, 3.05) is 13.2 Å². The van der Waals surface area contributed by atoms with Crippen LogP contribution in [0, 0.1) is 0 Å². The number of hydrogen-bond donors (Lipinski definition) is 3. The summed E-state index contributed by atoms with van der Waals surface area (Å²) in [5.41, 5.74) is 0. The highest BCUT2D eigenvalue weighted by Crippen LogP contribution is 2.15. The Bertz CT molecular complexity index is 440. The molecule has 33 heavy (non-hydrogen) atoms. The molecule has 0 heterocycles. The SMILES string of the molecule is O=C(O)CCCCCCCCCCCCCCCCCCCCCCC(=O)OCC(O)CO. The molecule has 6 heteroatoms. The van der Waals surface area contributed by atoms with Crippen molar-refractivity contribution in [3.05, 3.63) is 0 Å². The maximum Gasteiger partial charge on any atom is 0.305 e. The van der Waals surface area contributed by atoms with Gasteiger partial charge in [-0.05, 0) is 12.8 Å². The van der Waals surface area contributed by atoms with Crippen molar-refractivity contribution in [3.8, 4) is 0 Å². The largest absolute Gasteiger partial charge is 0.481 e. The van der Waals surface area contributed by atoms with Crippen molar-refractivity contribution in [2.45, 2.75) is 147 Å². The van der Waals surface area contributed by atoms with Gasteiger partial charge in [0.15, 0.2) is 0 Å². The highest BCUT2D eigenvalue weighted by Gasteiger charge is 2.07. The van der Waals surface area contributed by atoms with E-state index in [1.165, 1.54) is 96.3 Å². The van der Waals surface area contributed by atoms with E-state index in [2.05, 4.69) is 0 Å². The van der Waals surface area contributed by atoms with Crippen LogP contribution >= 0.6 is 0 Å². The van der Waals surface area contributed by atoms with Crippen molar-refractivity contribution in [2.24, 2.45) is 0 Å². The molecule has 0 radical (unpaired) electrons. The number of rotatable bonds is 26. The summed E-state index contributed by atoms with van der Waals surface area (Å²) in [5.74, 6) is -0.959. The summed E-state index contributed by atoms with van der Waals surface area (Å²) >= 11 is 0. The van der Waals surface area contributed by atoms with Gasteiger partial charge in [-0.1, -0.05) is 116 Å². The van der Waals surface area contributed by atoms with E-state index in [9.17, 15) is 9.59 Å². The molecule has 0 saturated heterocycles. The lowest BCUT2D eigenvalue weighted by Gasteiger charge is -2.08. The highest BCUT2D eigenvalue weighted by atomic mass is 16.5. The minimum Gasteiger partial charge on any atom is -0.481 e. The van der Waals surface area contributed by atoms with Crippen LogP contribution in [-0.4, -0.2) is 46.6 Å². The molecule has 0 aromatic rings. The number of aliphatic hydroxyl groups excluding tert-OH is 2. The Labute approximate surface area is 202 Å². The number of carbonyl (C=O) groups is 2. The zero-order valence-electron chi connectivity index (χ0n) is 21.1. The van der Waals surface area contributed by atoms with Gasteiger partial charge in [-0.25, -0.2) is 0 Å². The van der Waals surface area contributed by atoms with E-state index in [1.54, 1.807) is 0 Å². The van der Waals surface area contributed by atoms with Crippen LogP contribution in [-0.2, 0) is 14.3 Å². The zero-order chi connectivity index (χ0) is 24.4. The fourth-order valence-electron chi connectivity index (χ4n) is 4.04. The summed E-state index contributed by atoms with van der Waals surface area (Å²) in [5, 5.41) is 26.4. The molecule has 0 aromatic heterocycles. The minimum absolute atomic E-state index is 0.116. The van der Waals surface area contributed by atoms with Gasteiger partial charge in [-0.15, -0.1) is 0 Å². The fourth-order valence-corrected chi connectivity index (χ4v) is 4.04. The Morgan fingerprint density at radius 2 is 0.848 bits per heavy atom. The highest BCUT2D eigenvalue weighted by molar-refractivity contribution is 5.69. The van der Waals surface area contributed by atoms with Crippen molar-refractivity contribution >= 4 is 11.9 Å². The van der Waals surface area contributed by atoms with E-state index in [0.29, 0.717) is 12.8 Å². The average Bonchev–Trinajstić information content (AvgIpc) is 2.80. The van der Waals surface area contributed by atoms with Crippen LogP contribution < -0.4 is 0 Å². The van der Waals surface area contributed by atoms with Crippen LogP contribution in [0.5, 0.6) is 0 Å². The molecule has 0 amide bonds. The first-order chi connectivity index (χ1) is 16.1. The standard InChI is InChI=1S/C27H52O6/c28-23-25(29)24-33-27(32)22-20-18-16-14-12-10-8-6-4-2-1-3-5-7-9-11-13-15-17-19-21-26(30)31/h25,28-29H,1-24H2,(H,30,31). The molecule has 6 nitrogen and oxygen atoms in total. The van der Waals surface area contributed by atoms with E-state index in [0.717, 1.165) is 32.1 Å². The molecule has 1 atom stereocenters. The lowest BCUT2D eigenvalue weighted by molar-refractivity contribution is -0.147. The first-order valence-electron chi connectivity index (χ1n) is 13.7. The van der Waals surface area contributed by atoms with Crippen LogP contribution in [0.2, 0.25) is 0 Å². The van der Waals surface area contributed by atoms with Gasteiger partial charge in [0, 0.05) is 12.8 Å². The fraction of sp³-hybridized carbons (Fsp3) is 0.926. The van der Waals surface area contributed by atoms with Crippen molar-refractivity contribution < 1.29 is 29.6 Å². The normalized spacial score (nSPS) is 12.1. The Morgan fingerprint density at radius 1 is 0.545 bits per heavy atom. The van der Waals surface area contributed by atoms with Crippen molar-refractivity contribution in [1.29, 1.82) is 0 Å². The molecule has 0 bridgehead atoms. The number of carboxylic acids is 1. The van der Waals surface area contributed by atoms with Crippen LogP contribution in [0.25, 0.3) is 0 Å². The van der Waals surface area contributed by atoms with E-state index in [4.69, 9.17) is 20.1 Å². The Morgan fingerprint density at radius 3 is 1.15 bits per heavy atom. The molecule has 0 rings (SSSR count). The Kier molecular flexibility index (Phi) is 24.6. The topological polar surface area (TPSA) is 104 Å². The second-order valence-corrected chi connectivity index (χ2v) is 9.48. The molecule has 0 spiro atoms. The minimum atomic E-state index is -0.968. The second-order valence-electron chi connectivity index (χ2n) is 9.48. The number of unbranched alkanes of at least 4 members (excludes halogenated alkanes) is 19. The lowest BCUT2D eigenvalue weighted by atomic mass is 10.0. The molecular weight excluding hydrogens is 420 g/mol. The van der Waals surface area contributed by atoms with E-state index in [-0.39, 0.29) is 19.2 Å². The molecule has 0 fully saturated rings. The second kappa shape index (κ2) is 25.5. The Hall–Kier alpha value is -1.14. The molecular formula is C27H52O6. The summed E-state index contributed by atoms with van der Waals surface area (Å²) in [6.07, 6.45) is 24.5. The predicted octanol–water partition coefficient (Wildman–Crippen LogP) is 6.55. The van der Waals surface area contributed by atoms with Gasteiger partial charge in [0.1, 0.15) is 12.7 Å².